The molecule has 4 rings (SSSR count). The van der Waals surface area contributed by atoms with Gasteiger partial charge >= 0.3 is 12.0 Å². The Bertz CT molecular complexity index is 1450. The highest BCUT2D eigenvalue weighted by atomic mass is 35.5. The Labute approximate surface area is 220 Å². The van der Waals surface area contributed by atoms with Gasteiger partial charge in [-0.2, -0.15) is 0 Å². The second kappa shape index (κ2) is 10.7. The molecule has 11 heteroatoms. The summed E-state index contributed by atoms with van der Waals surface area (Å²) in [5.41, 5.74) is 1.07. The van der Waals surface area contributed by atoms with E-state index in [1.54, 1.807) is 30.3 Å². The largest absolute Gasteiger partial charge is 0.493 e. The van der Waals surface area contributed by atoms with Crippen molar-refractivity contribution >= 4 is 58.8 Å². The zero-order valence-electron chi connectivity index (χ0n) is 19.2. The number of methoxy groups -OCH3 is 1. The number of imide groups is 2. The molecule has 0 unspecified atom stereocenters. The summed E-state index contributed by atoms with van der Waals surface area (Å²) in [5.74, 6) is -2.05. The number of barbiturate groups is 1. The summed E-state index contributed by atoms with van der Waals surface area (Å²) in [4.78, 5) is 49.8. The van der Waals surface area contributed by atoms with E-state index in [1.807, 2.05) is 0 Å². The molecule has 1 aliphatic rings. The Balaban J connectivity index is 1.58. The number of carbonyl (C=O) groups excluding carboxylic acids is 3. The summed E-state index contributed by atoms with van der Waals surface area (Å²) in [6, 6.07) is 14.5. The quantitative estimate of drug-likeness (QED) is 0.321. The van der Waals surface area contributed by atoms with Gasteiger partial charge in [0.2, 0.25) is 0 Å². The second-order valence-electron chi connectivity index (χ2n) is 7.73. The summed E-state index contributed by atoms with van der Waals surface area (Å²) < 4.78 is 11.2. The zero-order chi connectivity index (χ0) is 26.7. The van der Waals surface area contributed by atoms with E-state index in [0.717, 1.165) is 10.5 Å². The molecule has 3 aromatic carbocycles. The highest BCUT2D eigenvalue weighted by Crippen LogP contribution is 2.35. The average Bonchev–Trinajstić information content (AvgIpc) is 2.88. The standard InChI is InChI=1S/C26H18Cl2N2O7/c1-36-21-12-15(7-10-20(21)37-13-14-5-8-16(9-6-14)25(33)34)11-17-23(31)29-26(35)30(24(17)32)19-4-2-3-18(27)22(19)28/h2-12H,13H2,1H3,(H,33,34)(H,29,31,35)/b17-11-. The fourth-order valence-electron chi connectivity index (χ4n) is 3.51. The number of carboxylic acids is 1. The number of amides is 4. The van der Waals surface area contributed by atoms with E-state index in [-0.39, 0.29) is 33.5 Å². The van der Waals surface area contributed by atoms with Crippen molar-refractivity contribution in [3.8, 4) is 11.5 Å². The molecule has 0 atom stereocenters. The van der Waals surface area contributed by atoms with E-state index in [2.05, 4.69) is 5.32 Å². The molecule has 1 fully saturated rings. The van der Waals surface area contributed by atoms with Crippen molar-refractivity contribution in [3.05, 3.63) is 93.0 Å². The van der Waals surface area contributed by atoms with Crippen LogP contribution in [0.15, 0.2) is 66.2 Å². The first kappa shape index (κ1) is 25.7. The number of benzene rings is 3. The molecule has 0 saturated carbocycles. The lowest BCUT2D eigenvalue weighted by molar-refractivity contribution is -0.122. The van der Waals surface area contributed by atoms with Crippen LogP contribution in [0.4, 0.5) is 10.5 Å². The van der Waals surface area contributed by atoms with Gasteiger partial charge < -0.3 is 14.6 Å². The molecule has 1 heterocycles. The van der Waals surface area contributed by atoms with Crippen LogP contribution < -0.4 is 19.7 Å². The van der Waals surface area contributed by atoms with E-state index >= 15 is 0 Å². The maximum absolute atomic E-state index is 13.1. The van der Waals surface area contributed by atoms with Crippen molar-refractivity contribution in [2.45, 2.75) is 6.61 Å². The Morgan fingerprint density at radius 3 is 2.43 bits per heavy atom. The van der Waals surface area contributed by atoms with E-state index in [9.17, 15) is 19.2 Å². The van der Waals surface area contributed by atoms with Crippen molar-refractivity contribution in [1.82, 2.24) is 5.32 Å². The molecule has 188 valence electrons. The number of aromatic carboxylic acids is 1. The van der Waals surface area contributed by atoms with Gasteiger partial charge in [0.1, 0.15) is 12.2 Å². The number of halogens is 2. The van der Waals surface area contributed by atoms with Crippen molar-refractivity contribution in [2.75, 3.05) is 12.0 Å². The molecule has 37 heavy (non-hydrogen) atoms. The minimum absolute atomic E-state index is 0.0119. The molecular formula is C26H18Cl2N2O7. The van der Waals surface area contributed by atoms with Crippen LogP contribution in [0.2, 0.25) is 10.0 Å². The minimum atomic E-state index is -1.02. The summed E-state index contributed by atoms with van der Waals surface area (Å²) in [6.07, 6.45) is 1.31. The molecular weight excluding hydrogens is 523 g/mol. The maximum atomic E-state index is 13.1. The van der Waals surface area contributed by atoms with Gasteiger partial charge in [-0.15, -0.1) is 0 Å². The SMILES string of the molecule is COc1cc(/C=C2/C(=O)NC(=O)N(c3cccc(Cl)c3Cl)C2=O)ccc1OCc1ccc(C(=O)O)cc1. The van der Waals surface area contributed by atoms with Gasteiger partial charge in [0.05, 0.1) is 28.4 Å². The van der Waals surface area contributed by atoms with Gasteiger partial charge in [0.15, 0.2) is 11.5 Å². The van der Waals surface area contributed by atoms with Gasteiger partial charge in [-0.25, -0.2) is 14.5 Å². The first-order valence-electron chi connectivity index (χ1n) is 10.7. The average molecular weight is 541 g/mol. The van der Waals surface area contributed by atoms with Crippen LogP contribution >= 0.6 is 23.2 Å². The monoisotopic (exact) mass is 540 g/mol. The van der Waals surface area contributed by atoms with E-state index in [0.29, 0.717) is 17.1 Å². The molecule has 0 spiro atoms. The first-order chi connectivity index (χ1) is 17.7. The molecule has 1 aliphatic heterocycles. The topological polar surface area (TPSA) is 122 Å². The number of carbonyl (C=O) groups is 4. The molecule has 3 aromatic rings. The van der Waals surface area contributed by atoms with Gasteiger partial charge in [-0.05, 0) is 53.6 Å². The van der Waals surface area contributed by atoms with E-state index in [1.165, 1.54) is 43.5 Å². The summed E-state index contributed by atoms with van der Waals surface area (Å²) in [5, 5.41) is 11.3. The lowest BCUT2D eigenvalue weighted by Gasteiger charge is -2.27. The second-order valence-corrected chi connectivity index (χ2v) is 8.52. The van der Waals surface area contributed by atoms with E-state index < -0.39 is 23.8 Å². The number of hydrogen-bond acceptors (Lipinski definition) is 6. The Morgan fingerprint density at radius 2 is 1.76 bits per heavy atom. The molecule has 0 bridgehead atoms. The number of hydrogen-bond donors (Lipinski definition) is 2. The molecule has 1 saturated heterocycles. The Kier molecular flexibility index (Phi) is 7.47. The van der Waals surface area contributed by atoms with Crippen LogP contribution in [0.3, 0.4) is 0 Å². The fourth-order valence-corrected chi connectivity index (χ4v) is 3.89. The number of ether oxygens (including phenoxy) is 2. The number of nitrogens with zero attached hydrogens (tertiary/aromatic N) is 1. The Morgan fingerprint density at radius 1 is 1.03 bits per heavy atom. The third kappa shape index (κ3) is 5.42. The number of nitrogens with one attached hydrogen (secondary N) is 1. The van der Waals surface area contributed by atoms with Gasteiger partial charge in [0.25, 0.3) is 11.8 Å². The minimum Gasteiger partial charge on any atom is -0.493 e. The van der Waals surface area contributed by atoms with Crippen molar-refractivity contribution in [1.29, 1.82) is 0 Å². The lowest BCUT2D eigenvalue weighted by atomic mass is 10.1. The Hall–Kier alpha value is -4.34. The van der Waals surface area contributed by atoms with Gasteiger partial charge in [-0.1, -0.05) is 47.5 Å². The highest BCUT2D eigenvalue weighted by Gasteiger charge is 2.38. The van der Waals surface area contributed by atoms with Gasteiger partial charge in [0, 0.05) is 0 Å². The lowest BCUT2D eigenvalue weighted by Crippen LogP contribution is -2.54. The molecule has 4 amide bonds. The molecule has 0 aliphatic carbocycles. The maximum Gasteiger partial charge on any atom is 0.336 e. The normalized spacial score (nSPS) is 14.5. The van der Waals surface area contributed by atoms with Crippen LogP contribution in [-0.2, 0) is 16.2 Å². The van der Waals surface area contributed by atoms with Crippen LogP contribution in [0.5, 0.6) is 11.5 Å². The summed E-state index contributed by atoms with van der Waals surface area (Å²) >= 11 is 12.2. The third-order valence-electron chi connectivity index (χ3n) is 5.37. The fraction of sp³-hybridized carbons (Fsp3) is 0.0769. The van der Waals surface area contributed by atoms with Gasteiger partial charge in [-0.3, -0.25) is 14.9 Å². The molecule has 0 aromatic heterocycles. The first-order valence-corrected chi connectivity index (χ1v) is 11.4. The number of rotatable bonds is 7. The predicted molar refractivity (Wildman–Crippen MR) is 136 cm³/mol. The molecule has 9 nitrogen and oxygen atoms in total. The van der Waals surface area contributed by atoms with Crippen LogP contribution in [0.1, 0.15) is 21.5 Å². The molecule has 0 radical (unpaired) electrons. The number of urea groups is 1. The molecule has 2 N–H and O–H groups in total. The summed E-state index contributed by atoms with van der Waals surface area (Å²) in [7, 11) is 1.43. The van der Waals surface area contributed by atoms with Crippen LogP contribution in [0.25, 0.3) is 6.08 Å². The predicted octanol–water partition coefficient (Wildman–Crippen LogP) is 4.95. The summed E-state index contributed by atoms with van der Waals surface area (Å²) in [6.45, 7) is 0.148. The van der Waals surface area contributed by atoms with Crippen molar-refractivity contribution in [3.63, 3.8) is 0 Å². The highest BCUT2D eigenvalue weighted by molar-refractivity contribution is 6.46. The zero-order valence-corrected chi connectivity index (χ0v) is 20.7. The van der Waals surface area contributed by atoms with Crippen LogP contribution in [-0.4, -0.2) is 36.0 Å². The number of carboxylic acid groups (broad SMARTS) is 1. The van der Waals surface area contributed by atoms with Crippen LogP contribution in [0, 0.1) is 0 Å². The van der Waals surface area contributed by atoms with Crippen molar-refractivity contribution < 1.29 is 33.8 Å². The number of anilines is 1. The smallest absolute Gasteiger partial charge is 0.336 e. The van der Waals surface area contributed by atoms with E-state index in [4.69, 9.17) is 37.8 Å². The van der Waals surface area contributed by atoms with Crippen molar-refractivity contribution in [2.24, 2.45) is 0 Å². The third-order valence-corrected chi connectivity index (χ3v) is 6.18.